The quantitative estimate of drug-likeness (QED) is 0.637. The fourth-order valence-corrected chi connectivity index (χ4v) is 1.67. The molecule has 3 N–H and O–H groups in total. The van der Waals surface area contributed by atoms with Gasteiger partial charge in [0.25, 0.3) is 5.69 Å². The van der Waals surface area contributed by atoms with E-state index in [9.17, 15) is 15.2 Å². The maximum Gasteiger partial charge on any atom is 0.274 e. The minimum Gasteiger partial charge on any atom is -0.508 e. The van der Waals surface area contributed by atoms with Crippen molar-refractivity contribution in [3.05, 3.63) is 33.9 Å². The molecule has 1 atom stereocenters. The molecule has 5 nitrogen and oxygen atoms in total. The SMILES string of the molecule is CC(C)CC[C@H](N)c1cc(O)ccc1[N+](=O)[O-].Cl. The highest BCUT2D eigenvalue weighted by molar-refractivity contribution is 5.85. The Morgan fingerprint density at radius 3 is 2.50 bits per heavy atom. The number of nitrogens with two attached hydrogens (primary N) is 1. The van der Waals surface area contributed by atoms with Gasteiger partial charge in [-0.2, -0.15) is 0 Å². The standard InChI is InChI=1S/C12H18N2O3.ClH/c1-8(2)3-5-11(13)10-7-9(15)4-6-12(10)14(16)17;/h4,6-8,11,15H,3,5,13H2,1-2H3;1H/t11-;/m0./s1. The van der Waals surface area contributed by atoms with E-state index in [2.05, 4.69) is 13.8 Å². The van der Waals surface area contributed by atoms with Crippen LogP contribution in [0.2, 0.25) is 0 Å². The van der Waals surface area contributed by atoms with Crippen LogP contribution in [0.5, 0.6) is 5.75 Å². The summed E-state index contributed by atoms with van der Waals surface area (Å²) in [6, 6.07) is 3.56. The number of nitrogens with zero attached hydrogens (tertiary/aromatic N) is 1. The van der Waals surface area contributed by atoms with Crippen LogP contribution < -0.4 is 5.73 Å². The second-order valence-electron chi connectivity index (χ2n) is 4.58. The molecule has 0 heterocycles. The van der Waals surface area contributed by atoms with Crippen molar-refractivity contribution in [2.45, 2.75) is 32.7 Å². The van der Waals surface area contributed by atoms with E-state index in [0.717, 1.165) is 6.42 Å². The van der Waals surface area contributed by atoms with Crippen LogP contribution in [0.4, 0.5) is 5.69 Å². The van der Waals surface area contributed by atoms with Crippen LogP contribution in [0.15, 0.2) is 18.2 Å². The number of benzene rings is 1. The Kier molecular flexibility index (Phi) is 6.65. The van der Waals surface area contributed by atoms with Crippen molar-refractivity contribution in [1.82, 2.24) is 0 Å². The summed E-state index contributed by atoms with van der Waals surface area (Å²) in [5.74, 6) is 0.503. The second kappa shape index (κ2) is 7.18. The average Bonchev–Trinajstić information content (AvgIpc) is 2.25. The van der Waals surface area contributed by atoms with Crippen LogP contribution in [0.25, 0.3) is 0 Å². The molecule has 0 aliphatic carbocycles. The lowest BCUT2D eigenvalue weighted by Crippen LogP contribution is -2.13. The van der Waals surface area contributed by atoms with Gasteiger partial charge in [-0.1, -0.05) is 13.8 Å². The van der Waals surface area contributed by atoms with E-state index >= 15 is 0 Å². The highest BCUT2D eigenvalue weighted by Gasteiger charge is 2.19. The number of rotatable bonds is 5. The zero-order chi connectivity index (χ0) is 13.0. The summed E-state index contributed by atoms with van der Waals surface area (Å²) < 4.78 is 0. The summed E-state index contributed by atoms with van der Waals surface area (Å²) in [4.78, 5) is 10.4. The van der Waals surface area contributed by atoms with E-state index in [0.29, 0.717) is 17.9 Å². The monoisotopic (exact) mass is 274 g/mol. The van der Waals surface area contributed by atoms with E-state index < -0.39 is 11.0 Å². The number of nitro benzene ring substituents is 1. The normalized spacial score (nSPS) is 12.0. The van der Waals surface area contributed by atoms with Crippen LogP contribution >= 0.6 is 12.4 Å². The number of halogens is 1. The zero-order valence-electron chi connectivity index (χ0n) is 10.5. The van der Waals surface area contributed by atoms with Crippen LogP contribution in [0.1, 0.15) is 38.3 Å². The molecule has 0 bridgehead atoms. The topological polar surface area (TPSA) is 89.4 Å². The van der Waals surface area contributed by atoms with E-state index in [4.69, 9.17) is 5.73 Å². The average molecular weight is 275 g/mol. The van der Waals surface area contributed by atoms with Crippen molar-refractivity contribution in [2.75, 3.05) is 0 Å². The Morgan fingerprint density at radius 1 is 1.39 bits per heavy atom. The fourth-order valence-electron chi connectivity index (χ4n) is 1.67. The first-order valence-electron chi connectivity index (χ1n) is 5.64. The third-order valence-corrected chi connectivity index (χ3v) is 2.66. The van der Waals surface area contributed by atoms with Gasteiger partial charge in [0.2, 0.25) is 0 Å². The minimum atomic E-state index is -0.468. The third kappa shape index (κ3) is 4.50. The molecular formula is C12H19ClN2O3. The second-order valence-corrected chi connectivity index (χ2v) is 4.58. The molecule has 0 aliphatic rings. The fraction of sp³-hybridized carbons (Fsp3) is 0.500. The van der Waals surface area contributed by atoms with Gasteiger partial charge >= 0.3 is 0 Å². The van der Waals surface area contributed by atoms with E-state index in [1.807, 2.05) is 0 Å². The van der Waals surface area contributed by atoms with Crippen molar-refractivity contribution in [3.8, 4) is 5.75 Å². The van der Waals surface area contributed by atoms with E-state index in [1.165, 1.54) is 18.2 Å². The smallest absolute Gasteiger partial charge is 0.274 e. The molecule has 18 heavy (non-hydrogen) atoms. The molecule has 0 saturated carbocycles. The predicted octanol–water partition coefficient (Wildman–Crippen LogP) is 3.16. The van der Waals surface area contributed by atoms with Crippen molar-refractivity contribution >= 4 is 18.1 Å². The summed E-state index contributed by atoms with van der Waals surface area (Å²) >= 11 is 0. The molecule has 1 rings (SSSR count). The first-order chi connectivity index (χ1) is 7.91. The van der Waals surface area contributed by atoms with Gasteiger partial charge in [0.15, 0.2) is 0 Å². The molecule has 1 aromatic carbocycles. The lowest BCUT2D eigenvalue weighted by Gasteiger charge is -2.13. The Balaban J connectivity index is 0.00000289. The molecule has 102 valence electrons. The van der Waals surface area contributed by atoms with Gasteiger partial charge in [-0.05, 0) is 30.9 Å². The molecule has 0 aromatic heterocycles. The summed E-state index contributed by atoms with van der Waals surface area (Å²) in [6.07, 6.45) is 1.57. The highest BCUT2D eigenvalue weighted by atomic mass is 35.5. The van der Waals surface area contributed by atoms with Gasteiger partial charge in [0.1, 0.15) is 5.75 Å². The number of hydrogen-bond acceptors (Lipinski definition) is 4. The maximum absolute atomic E-state index is 10.8. The molecule has 0 aliphatic heterocycles. The molecule has 6 heteroatoms. The van der Waals surface area contributed by atoms with Crippen molar-refractivity contribution in [3.63, 3.8) is 0 Å². The number of phenols is 1. The Labute approximate surface area is 113 Å². The van der Waals surface area contributed by atoms with Crippen LogP contribution in [0.3, 0.4) is 0 Å². The predicted molar refractivity (Wildman–Crippen MR) is 73.0 cm³/mol. The number of phenolic OH excluding ortho intramolecular Hbond substituents is 1. The van der Waals surface area contributed by atoms with Crippen molar-refractivity contribution in [2.24, 2.45) is 11.7 Å². The number of hydrogen-bond donors (Lipinski definition) is 2. The van der Waals surface area contributed by atoms with Crippen LogP contribution in [0, 0.1) is 16.0 Å². The van der Waals surface area contributed by atoms with Crippen LogP contribution in [-0.4, -0.2) is 10.0 Å². The number of aromatic hydroxyl groups is 1. The summed E-state index contributed by atoms with van der Waals surface area (Å²) in [6.45, 7) is 4.15. The molecular weight excluding hydrogens is 256 g/mol. The highest BCUT2D eigenvalue weighted by Crippen LogP contribution is 2.30. The molecule has 0 unspecified atom stereocenters. The molecule has 0 saturated heterocycles. The number of nitro groups is 1. The first kappa shape index (κ1) is 16.7. The van der Waals surface area contributed by atoms with Gasteiger partial charge in [-0.25, -0.2) is 0 Å². The Morgan fingerprint density at radius 2 is 2.00 bits per heavy atom. The van der Waals surface area contributed by atoms with Crippen LogP contribution in [-0.2, 0) is 0 Å². The van der Waals surface area contributed by atoms with Gasteiger partial charge in [0, 0.05) is 12.1 Å². The lowest BCUT2D eigenvalue weighted by molar-refractivity contribution is -0.385. The Hall–Kier alpha value is -1.33. The molecule has 0 radical (unpaired) electrons. The van der Waals surface area contributed by atoms with Crippen molar-refractivity contribution < 1.29 is 10.0 Å². The maximum atomic E-state index is 10.8. The largest absolute Gasteiger partial charge is 0.508 e. The van der Waals surface area contributed by atoms with Gasteiger partial charge < -0.3 is 10.8 Å². The molecule has 0 fully saturated rings. The molecule has 0 spiro atoms. The zero-order valence-corrected chi connectivity index (χ0v) is 11.3. The lowest BCUT2D eigenvalue weighted by atomic mass is 9.97. The van der Waals surface area contributed by atoms with E-state index in [-0.39, 0.29) is 23.8 Å². The summed E-state index contributed by atoms with van der Waals surface area (Å²) in [7, 11) is 0. The third-order valence-electron chi connectivity index (χ3n) is 2.66. The summed E-state index contributed by atoms with van der Waals surface area (Å²) in [5, 5.41) is 20.2. The van der Waals surface area contributed by atoms with Gasteiger partial charge in [-0.3, -0.25) is 10.1 Å². The molecule has 0 amide bonds. The van der Waals surface area contributed by atoms with Crippen molar-refractivity contribution in [1.29, 1.82) is 0 Å². The van der Waals surface area contributed by atoms with Gasteiger partial charge in [-0.15, -0.1) is 12.4 Å². The Bertz CT molecular complexity index is 410. The molecule has 1 aromatic rings. The first-order valence-corrected chi connectivity index (χ1v) is 5.64. The van der Waals surface area contributed by atoms with E-state index in [1.54, 1.807) is 0 Å². The van der Waals surface area contributed by atoms with Gasteiger partial charge in [0.05, 0.1) is 10.5 Å². The summed E-state index contributed by atoms with van der Waals surface area (Å²) in [5.41, 5.74) is 6.31. The minimum absolute atomic E-state index is 0.